The van der Waals surface area contributed by atoms with Crippen LogP contribution in [0.4, 0.5) is 11.5 Å². The van der Waals surface area contributed by atoms with Crippen LogP contribution >= 0.6 is 15.9 Å². The van der Waals surface area contributed by atoms with Crippen LogP contribution in [0.3, 0.4) is 0 Å². The number of amides is 1. The number of anilines is 2. The third-order valence-electron chi connectivity index (χ3n) is 3.00. The third kappa shape index (κ3) is 5.13. The smallest absolute Gasteiger partial charge is 0.256 e. The van der Waals surface area contributed by atoms with Crippen molar-refractivity contribution in [2.24, 2.45) is 0 Å². The highest BCUT2D eigenvalue weighted by Crippen LogP contribution is 2.13. The van der Waals surface area contributed by atoms with Gasteiger partial charge in [-0.15, -0.1) is 0 Å². The van der Waals surface area contributed by atoms with E-state index in [0.717, 1.165) is 23.2 Å². The van der Waals surface area contributed by atoms with E-state index in [4.69, 9.17) is 0 Å². The van der Waals surface area contributed by atoms with E-state index in [-0.39, 0.29) is 5.91 Å². The molecule has 0 aliphatic rings. The first kappa shape index (κ1) is 16.5. The highest BCUT2D eigenvalue weighted by molar-refractivity contribution is 9.10. The summed E-state index contributed by atoms with van der Waals surface area (Å²) in [5, 5.41) is 6.05. The minimum Gasteiger partial charge on any atom is -0.383 e. The van der Waals surface area contributed by atoms with E-state index < -0.39 is 0 Å². The van der Waals surface area contributed by atoms with E-state index in [1.54, 1.807) is 24.4 Å². The summed E-state index contributed by atoms with van der Waals surface area (Å²) in [6, 6.07) is 10.9. The van der Waals surface area contributed by atoms with Gasteiger partial charge >= 0.3 is 0 Å². The van der Waals surface area contributed by atoms with Gasteiger partial charge in [-0.3, -0.25) is 4.79 Å². The number of hydrogen-bond acceptors (Lipinski definition) is 4. The van der Waals surface area contributed by atoms with Crippen LogP contribution in [0.2, 0.25) is 0 Å². The van der Waals surface area contributed by atoms with Gasteiger partial charge in [-0.05, 0) is 50.5 Å². The topological polar surface area (TPSA) is 57.3 Å². The fourth-order valence-electron chi connectivity index (χ4n) is 1.79. The summed E-state index contributed by atoms with van der Waals surface area (Å²) >= 11 is 3.34. The van der Waals surface area contributed by atoms with Crippen LogP contribution in [0.5, 0.6) is 0 Å². The summed E-state index contributed by atoms with van der Waals surface area (Å²) in [5.41, 5.74) is 1.53. The summed E-state index contributed by atoms with van der Waals surface area (Å²) < 4.78 is 0.940. The molecule has 1 aromatic carbocycles. The number of pyridine rings is 1. The van der Waals surface area contributed by atoms with Crippen molar-refractivity contribution in [1.82, 2.24) is 9.88 Å². The van der Waals surface area contributed by atoms with E-state index in [2.05, 4.69) is 36.4 Å². The van der Waals surface area contributed by atoms with Gasteiger partial charge in [0, 0.05) is 23.1 Å². The Morgan fingerprint density at radius 2 is 1.91 bits per heavy atom. The number of hydrogen-bond donors (Lipinski definition) is 2. The van der Waals surface area contributed by atoms with Crippen molar-refractivity contribution in [1.29, 1.82) is 0 Å². The lowest BCUT2D eigenvalue weighted by Crippen LogP contribution is -2.20. The standard InChI is InChI=1S/C16H19BrN4O/c1-21(2)10-9-18-14-7-8-15(19-11-14)20-16(22)12-3-5-13(17)6-4-12/h3-8,11,18H,9-10H2,1-2H3,(H,19,20,22). The van der Waals surface area contributed by atoms with Crippen molar-refractivity contribution in [3.05, 3.63) is 52.6 Å². The lowest BCUT2D eigenvalue weighted by Gasteiger charge is -2.11. The second kappa shape index (κ2) is 7.91. The summed E-state index contributed by atoms with van der Waals surface area (Å²) in [6.45, 7) is 1.79. The van der Waals surface area contributed by atoms with Gasteiger partial charge in [-0.2, -0.15) is 0 Å². The molecule has 22 heavy (non-hydrogen) atoms. The lowest BCUT2D eigenvalue weighted by atomic mass is 10.2. The van der Waals surface area contributed by atoms with Crippen molar-refractivity contribution in [2.45, 2.75) is 0 Å². The molecule has 0 fully saturated rings. The van der Waals surface area contributed by atoms with Gasteiger partial charge in [0.15, 0.2) is 0 Å². The van der Waals surface area contributed by atoms with E-state index in [1.807, 2.05) is 32.3 Å². The van der Waals surface area contributed by atoms with Crippen molar-refractivity contribution in [3.63, 3.8) is 0 Å². The normalized spacial score (nSPS) is 10.5. The molecular formula is C16H19BrN4O. The van der Waals surface area contributed by atoms with Gasteiger partial charge in [-0.25, -0.2) is 4.98 Å². The van der Waals surface area contributed by atoms with Crippen LogP contribution in [0.25, 0.3) is 0 Å². The van der Waals surface area contributed by atoms with Crippen LogP contribution in [0.15, 0.2) is 47.1 Å². The van der Waals surface area contributed by atoms with Crippen molar-refractivity contribution in [2.75, 3.05) is 37.8 Å². The second-order valence-electron chi connectivity index (χ2n) is 5.12. The van der Waals surface area contributed by atoms with E-state index in [9.17, 15) is 4.79 Å². The Balaban J connectivity index is 1.90. The van der Waals surface area contributed by atoms with Gasteiger partial charge < -0.3 is 15.5 Å². The fourth-order valence-corrected chi connectivity index (χ4v) is 2.05. The second-order valence-corrected chi connectivity index (χ2v) is 6.04. The van der Waals surface area contributed by atoms with Crippen molar-refractivity contribution >= 4 is 33.3 Å². The Kier molecular flexibility index (Phi) is 5.91. The molecule has 0 unspecified atom stereocenters. The summed E-state index contributed by atoms with van der Waals surface area (Å²) in [5.74, 6) is 0.361. The van der Waals surface area contributed by atoms with Gasteiger partial charge in [0.1, 0.15) is 5.82 Å². The molecule has 0 saturated carbocycles. The Hall–Kier alpha value is -1.92. The summed E-state index contributed by atoms with van der Waals surface area (Å²) in [7, 11) is 4.06. The first-order valence-corrected chi connectivity index (χ1v) is 7.75. The van der Waals surface area contributed by atoms with E-state index in [0.29, 0.717) is 11.4 Å². The molecule has 0 aliphatic heterocycles. The molecule has 0 bridgehead atoms. The number of halogens is 1. The molecule has 0 radical (unpaired) electrons. The Labute approximate surface area is 138 Å². The molecule has 0 aliphatic carbocycles. The molecule has 5 nitrogen and oxygen atoms in total. The number of carbonyl (C=O) groups excluding carboxylic acids is 1. The maximum atomic E-state index is 12.1. The average Bonchev–Trinajstić information content (AvgIpc) is 2.49. The Morgan fingerprint density at radius 3 is 2.50 bits per heavy atom. The number of carbonyl (C=O) groups is 1. The number of rotatable bonds is 6. The van der Waals surface area contributed by atoms with Crippen LogP contribution in [0.1, 0.15) is 10.4 Å². The SMILES string of the molecule is CN(C)CCNc1ccc(NC(=O)c2ccc(Br)cc2)nc1. The maximum absolute atomic E-state index is 12.1. The van der Waals surface area contributed by atoms with Crippen LogP contribution in [-0.4, -0.2) is 43.0 Å². The van der Waals surface area contributed by atoms with Crippen LogP contribution in [-0.2, 0) is 0 Å². The zero-order valence-corrected chi connectivity index (χ0v) is 14.2. The summed E-state index contributed by atoms with van der Waals surface area (Å²) in [4.78, 5) is 18.4. The molecule has 2 N–H and O–H groups in total. The molecule has 0 saturated heterocycles. The van der Waals surface area contributed by atoms with Crippen LogP contribution < -0.4 is 10.6 Å². The number of nitrogens with zero attached hydrogens (tertiary/aromatic N) is 2. The highest BCUT2D eigenvalue weighted by Gasteiger charge is 2.06. The number of aromatic nitrogens is 1. The van der Waals surface area contributed by atoms with Gasteiger partial charge in [0.05, 0.1) is 11.9 Å². The van der Waals surface area contributed by atoms with Crippen molar-refractivity contribution in [3.8, 4) is 0 Å². The molecule has 1 amide bonds. The molecule has 0 atom stereocenters. The monoisotopic (exact) mass is 362 g/mol. The maximum Gasteiger partial charge on any atom is 0.256 e. The van der Waals surface area contributed by atoms with Crippen LogP contribution in [0, 0.1) is 0 Å². The molecular weight excluding hydrogens is 344 g/mol. The first-order valence-electron chi connectivity index (χ1n) is 6.96. The quantitative estimate of drug-likeness (QED) is 0.828. The molecule has 6 heteroatoms. The predicted molar refractivity (Wildman–Crippen MR) is 93.4 cm³/mol. The molecule has 2 aromatic rings. The Morgan fingerprint density at radius 1 is 1.18 bits per heavy atom. The van der Waals surface area contributed by atoms with E-state index >= 15 is 0 Å². The van der Waals surface area contributed by atoms with Gasteiger partial charge in [0.25, 0.3) is 5.91 Å². The summed E-state index contributed by atoms with van der Waals surface area (Å²) in [6.07, 6.45) is 1.72. The number of likely N-dealkylation sites (N-methyl/N-ethyl adjacent to an activating group) is 1. The largest absolute Gasteiger partial charge is 0.383 e. The van der Waals surface area contributed by atoms with Gasteiger partial charge in [0.2, 0.25) is 0 Å². The average molecular weight is 363 g/mol. The minimum absolute atomic E-state index is 0.173. The molecule has 1 heterocycles. The third-order valence-corrected chi connectivity index (χ3v) is 3.53. The molecule has 116 valence electrons. The highest BCUT2D eigenvalue weighted by atomic mass is 79.9. The molecule has 0 spiro atoms. The Bertz CT molecular complexity index is 611. The lowest BCUT2D eigenvalue weighted by molar-refractivity contribution is 0.102. The predicted octanol–water partition coefficient (Wildman–Crippen LogP) is 3.07. The molecule has 2 rings (SSSR count). The van der Waals surface area contributed by atoms with Crippen molar-refractivity contribution < 1.29 is 4.79 Å². The number of benzene rings is 1. The minimum atomic E-state index is -0.173. The zero-order chi connectivity index (χ0) is 15.9. The fraction of sp³-hybridized carbons (Fsp3) is 0.250. The zero-order valence-electron chi connectivity index (χ0n) is 12.6. The van der Waals surface area contributed by atoms with E-state index in [1.165, 1.54) is 0 Å². The first-order chi connectivity index (χ1) is 10.5. The van der Waals surface area contributed by atoms with Gasteiger partial charge in [-0.1, -0.05) is 15.9 Å². The molecule has 1 aromatic heterocycles. The number of nitrogens with one attached hydrogen (secondary N) is 2.